The van der Waals surface area contributed by atoms with Crippen LogP contribution in [0.2, 0.25) is 0 Å². The van der Waals surface area contributed by atoms with Gasteiger partial charge in [-0.3, -0.25) is 4.79 Å². The Hall–Kier alpha value is -0.610. The summed E-state index contributed by atoms with van der Waals surface area (Å²) in [5.41, 5.74) is 0. The number of aliphatic hydroxyl groups is 2. The zero-order valence-electron chi connectivity index (χ0n) is 5.42. The van der Waals surface area contributed by atoms with Gasteiger partial charge in [-0.05, 0) is 0 Å². The number of hydrogen-bond acceptors (Lipinski definition) is 4. The highest BCUT2D eigenvalue weighted by atomic mass is 16.8. The first-order chi connectivity index (χ1) is 3.98. The minimum absolute atomic E-state index is 0.0351. The molecule has 0 radical (unpaired) electrons. The molecule has 0 fully saturated rings. The smallest absolute Gasteiger partial charge is 0.323 e. The maximum atomic E-state index is 10.1. The Morgan fingerprint density at radius 3 is 2.22 bits per heavy atom. The van der Waals surface area contributed by atoms with E-state index < -0.39 is 11.9 Å². The van der Waals surface area contributed by atoms with Gasteiger partial charge in [0, 0.05) is 13.3 Å². The van der Waals surface area contributed by atoms with Crippen LogP contribution in [0.15, 0.2) is 0 Å². The maximum Gasteiger partial charge on any atom is 0.323 e. The standard InChI is InChI=1S/C5H10O4/c1-3-5(7,8)9-4(2)6/h7-8H,3H2,1-2H3. The SMILES string of the molecule is CCC(O)(O)OC(C)=O. The molecule has 0 amide bonds. The molecule has 0 saturated heterocycles. The Morgan fingerprint density at radius 1 is 1.67 bits per heavy atom. The molecule has 54 valence electrons. The van der Waals surface area contributed by atoms with Crippen LogP contribution in [0, 0.1) is 0 Å². The fourth-order valence-electron chi connectivity index (χ4n) is 0.302. The van der Waals surface area contributed by atoms with Crippen LogP contribution in [0.5, 0.6) is 0 Å². The lowest BCUT2D eigenvalue weighted by Crippen LogP contribution is -2.32. The van der Waals surface area contributed by atoms with E-state index in [1.54, 1.807) is 0 Å². The van der Waals surface area contributed by atoms with E-state index >= 15 is 0 Å². The molecule has 0 aromatic carbocycles. The zero-order valence-corrected chi connectivity index (χ0v) is 5.42. The molecule has 2 N–H and O–H groups in total. The van der Waals surface area contributed by atoms with Gasteiger partial charge in [0.1, 0.15) is 0 Å². The largest absolute Gasteiger partial charge is 0.408 e. The molecule has 0 saturated carbocycles. The van der Waals surface area contributed by atoms with Gasteiger partial charge in [0.25, 0.3) is 0 Å². The quantitative estimate of drug-likeness (QED) is 0.398. The molecule has 0 aromatic rings. The molecule has 0 aliphatic heterocycles. The Morgan fingerprint density at radius 2 is 2.11 bits per heavy atom. The highest BCUT2D eigenvalue weighted by molar-refractivity contribution is 5.66. The molecule has 0 atom stereocenters. The van der Waals surface area contributed by atoms with E-state index in [2.05, 4.69) is 4.74 Å². The summed E-state index contributed by atoms with van der Waals surface area (Å²) in [6.45, 7) is 2.60. The second kappa shape index (κ2) is 2.80. The van der Waals surface area contributed by atoms with E-state index in [-0.39, 0.29) is 6.42 Å². The summed E-state index contributed by atoms with van der Waals surface area (Å²) in [5, 5.41) is 17.2. The first kappa shape index (κ1) is 8.39. The molecule has 9 heavy (non-hydrogen) atoms. The third-order valence-corrected chi connectivity index (χ3v) is 0.768. The van der Waals surface area contributed by atoms with Crippen molar-refractivity contribution in [3.05, 3.63) is 0 Å². The second-order valence-corrected chi connectivity index (χ2v) is 1.69. The van der Waals surface area contributed by atoms with Crippen LogP contribution in [0.1, 0.15) is 20.3 Å². The van der Waals surface area contributed by atoms with Crippen LogP contribution in [0.3, 0.4) is 0 Å². The number of hydrogen-bond donors (Lipinski definition) is 2. The Bertz CT molecular complexity index is 108. The van der Waals surface area contributed by atoms with E-state index in [0.717, 1.165) is 6.92 Å². The number of rotatable bonds is 2. The summed E-state index contributed by atoms with van der Waals surface area (Å²) in [6, 6.07) is 0. The molecule has 0 unspecified atom stereocenters. The highest BCUT2D eigenvalue weighted by Gasteiger charge is 2.23. The summed E-state index contributed by atoms with van der Waals surface area (Å²) < 4.78 is 4.06. The monoisotopic (exact) mass is 134 g/mol. The topological polar surface area (TPSA) is 66.8 Å². The predicted molar refractivity (Wildman–Crippen MR) is 29.2 cm³/mol. The summed E-state index contributed by atoms with van der Waals surface area (Å²) in [4.78, 5) is 10.1. The van der Waals surface area contributed by atoms with Crippen molar-refractivity contribution in [1.29, 1.82) is 0 Å². The fraction of sp³-hybridized carbons (Fsp3) is 0.800. The van der Waals surface area contributed by atoms with Gasteiger partial charge < -0.3 is 14.9 Å². The normalized spacial score (nSPS) is 11.1. The Balaban J connectivity index is 3.71. The van der Waals surface area contributed by atoms with Gasteiger partial charge in [-0.1, -0.05) is 6.92 Å². The van der Waals surface area contributed by atoms with Crippen molar-refractivity contribution in [1.82, 2.24) is 0 Å². The minimum Gasteiger partial charge on any atom is -0.408 e. The number of esters is 1. The van der Waals surface area contributed by atoms with E-state index in [0.29, 0.717) is 0 Å². The van der Waals surface area contributed by atoms with Crippen LogP contribution in [-0.4, -0.2) is 22.2 Å². The predicted octanol–water partition coefficient (Wildman–Crippen LogP) is -0.402. The first-order valence-corrected chi connectivity index (χ1v) is 2.62. The average Bonchev–Trinajstić information content (AvgIpc) is 1.63. The number of ether oxygens (including phenoxy) is 1. The Labute approximate surface area is 53.1 Å². The van der Waals surface area contributed by atoms with Crippen molar-refractivity contribution in [3.63, 3.8) is 0 Å². The molecular formula is C5H10O4. The van der Waals surface area contributed by atoms with Gasteiger partial charge >= 0.3 is 11.9 Å². The van der Waals surface area contributed by atoms with Crippen LogP contribution in [-0.2, 0) is 9.53 Å². The summed E-state index contributed by atoms with van der Waals surface area (Å²) in [7, 11) is 0. The van der Waals surface area contributed by atoms with Crippen LogP contribution >= 0.6 is 0 Å². The lowest BCUT2D eigenvalue weighted by Gasteiger charge is -2.17. The van der Waals surface area contributed by atoms with E-state index in [1.807, 2.05) is 0 Å². The summed E-state index contributed by atoms with van der Waals surface area (Å²) in [5.74, 6) is -2.99. The third-order valence-electron chi connectivity index (χ3n) is 0.768. The third kappa shape index (κ3) is 3.93. The molecule has 0 heterocycles. The lowest BCUT2D eigenvalue weighted by atomic mass is 10.4. The van der Waals surface area contributed by atoms with Crippen molar-refractivity contribution in [2.75, 3.05) is 0 Å². The molecular weight excluding hydrogens is 124 g/mol. The number of carbonyl (C=O) groups is 1. The Kier molecular flexibility index (Phi) is 2.61. The molecule has 0 spiro atoms. The van der Waals surface area contributed by atoms with Crippen molar-refractivity contribution in [3.8, 4) is 0 Å². The molecule has 4 heteroatoms. The molecule has 0 aliphatic carbocycles. The van der Waals surface area contributed by atoms with Crippen molar-refractivity contribution < 1.29 is 19.7 Å². The van der Waals surface area contributed by atoms with Gasteiger partial charge in [-0.25, -0.2) is 0 Å². The van der Waals surface area contributed by atoms with Crippen LogP contribution < -0.4 is 0 Å². The van der Waals surface area contributed by atoms with Gasteiger partial charge in [-0.15, -0.1) is 0 Å². The fourth-order valence-corrected chi connectivity index (χ4v) is 0.302. The van der Waals surface area contributed by atoms with Crippen molar-refractivity contribution in [2.45, 2.75) is 26.2 Å². The van der Waals surface area contributed by atoms with Crippen molar-refractivity contribution >= 4 is 5.97 Å². The molecule has 0 bridgehead atoms. The first-order valence-electron chi connectivity index (χ1n) is 2.62. The lowest BCUT2D eigenvalue weighted by molar-refractivity contribution is -0.318. The molecule has 0 rings (SSSR count). The van der Waals surface area contributed by atoms with Gasteiger partial charge in [0.05, 0.1) is 0 Å². The van der Waals surface area contributed by atoms with Crippen LogP contribution in [0.4, 0.5) is 0 Å². The minimum atomic E-state index is -2.29. The maximum absolute atomic E-state index is 10.1. The van der Waals surface area contributed by atoms with E-state index in [9.17, 15) is 4.79 Å². The summed E-state index contributed by atoms with van der Waals surface area (Å²) in [6.07, 6.45) is -0.0351. The van der Waals surface area contributed by atoms with Gasteiger partial charge in [-0.2, -0.15) is 0 Å². The van der Waals surface area contributed by atoms with Gasteiger partial charge in [0.15, 0.2) is 0 Å². The highest BCUT2D eigenvalue weighted by Crippen LogP contribution is 2.05. The molecule has 4 nitrogen and oxygen atoms in total. The number of carbonyl (C=O) groups excluding carboxylic acids is 1. The summed E-state index contributed by atoms with van der Waals surface area (Å²) >= 11 is 0. The second-order valence-electron chi connectivity index (χ2n) is 1.69. The van der Waals surface area contributed by atoms with E-state index in [4.69, 9.17) is 10.2 Å². The van der Waals surface area contributed by atoms with E-state index in [1.165, 1.54) is 6.92 Å². The molecule has 0 aromatic heterocycles. The average molecular weight is 134 g/mol. The zero-order chi connectivity index (χ0) is 7.49. The van der Waals surface area contributed by atoms with Gasteiger partial charge in [0.2, 0.25) is 0 Å². The van der Waals surface area contributed by atoms with Crippen molar-refractivity contribution in [2.24, 2.45) is 0 Å². The molecule has 0 aliphatic rings. The van der Waals surface area contributed by atoms with Crippen LogP contribution in [0.25, 0.3) is 0 Å².